The van der Waals surface area contributed by atoms with E-state index < -0.39 is 0 Å². The molecule has 1 amide bonds. The van der Waals surface area contributed by atoms with Crippen molar-refractivity contribution in [1.29, 1.82) is 0 Å². The van der Waals surface area contributed by atoms with Crippen LogP contribution in [0.1, 0.15) is 55.7 Å². The van der Waals surface area contributed by atoms with Crippen LogP contribution in [0, 0.1) is 13.8 Å². The Bertz CT molecular complexity index is 434. The number of carbonyl (C=O) groups is 1. The minimum Gasteiger partial charge on any atom is -0.349 e. The van der Waals surface area contributed by atoms with E-state index in [-0.39, 0.29) is 17.5 Å². The molecule has 19 heavy (non-hydrogen) atoms. The van der Waals surface area contributed by atoms with Crippen LogP contribution >= 0.6 is 11.3 Å². The van der Waals surface area contributed by atoms with Gasteiger partial charge in [0, 0.05) is 23.4 Å². The van der Waals surface area contributed by atoms with Crippen LogP contribution in [0.25, 0.3) is 0 Å². The molecule has 0 bridgehead atoms. The number of nitrogens with zero attached hydrogens (tertiary/aromatic N) is 1. The first-order chi connectivity index (χ1) is 8.69. The van der Waals surface area contributed by atoms with Gasteiger partial charge in [0.1, 0.15) is 0 Å². The minimum atomic E-state index is 0.0355. The maximum Gasteiger partial charge on any atom is 0.221 e. The summed E-state index contributed by atoms with van der Waals surface area (Å²) >= 11 is 1.65. The summed E-state index contributed by atoms with van der Waals surface area (Å²) in [5, 5.41) is 7.38. The molecule has 1 unspecified atom stereocenters. The molecule has 0 aliphatic carbocycles. The van der Waals surface area contributed by atoms with Crippen molar-refractivity contribution in [1.82, 2.24) is 15.6 Å². The fourth-order valence-corrected chi connectivity index (χ4v) is 2.81. The third kappa shape index (κ3) is 5.70. The van der Waals surface area contributed by atoms with Gasteiger partial charge in [-0.15, -0.1) is 11.3 Å². The summed E-state index contributed by atoms with van der Waals surface area (Å²) in [6, 6.07) is 0.0355. The van der Waals surface area contributed by atoms with Crippen LogP contribution in [-0.2, 0) is 4.79 Å². The van der Waals surface area contributed by atoms with Gasteiger partial charge >= 0.3 is 0 Å². The lowest BCUT2D eigenvalue weighted by Gasteiger charge is -2.20. The summed E-state index contributed by atoms with van der Waals surface area (Å²) in [6.07, 6.45) is 0.498. The number of amides is 1. The van der Waals surface area contributed by atoms with Crippen LogP contribution < -0.4 is 10.6 Å². The number of carbonyl (C=O) groups excluding carboxylic acids is 1. The maximum atomic E-state index is 11.9. The molecule has 0 saturated carbocycles. The Morgan fingerprint density at radius 3 is 2.47 bits per heavy atom. The predicted octanol–water partition coefficient (Wildman–Crippen LogP) is 2.72. The van der Waals surface area contributed by atoms with Gasteiger partial charge in [-0.05, 0) is 41.5 Å². The molecule has 1 rings (SSSR count). The molecule has 1 aromatic rings. The molecule has 0 aliphatic heterocycles. The molecule has 5 heteroatoms. The SMILES string of the molecule is Cc1nc(C)c(C(C)NC(=O)CCNC(C)(C)C)s1. The second kappa shape index (κ2) is 6.48. The first-order valence-electron chi connectivity index (χ1n) is 6.67. The Labute approximate surface area is 120 Å². The highest BCUT2D eigenvalue weighted by Gasteiger charge is 2.15. The lowest BCUT2D eigenvalue weighted by Crippen LogP contribution is -2.38. The van der Waals surface area contributed by atoms with E-state index in [1.54, 1.807) is 11.3 Å². The first-order valence-corrected chi connectivity index (χ1v) is 7.49. The molecule has 1 aromatic heterocycles. The maximum absolute atomic E-state index is 11.9. The van der Waals surface area contributed by atoms with Crippen molar-refractivity contribution in [3.8, 4) is 0 Å². The van der Waals surface area contributed by atoms with Crippen LogP contribution in [-0.4, -0.2) is 23.0 Å². The molecule has 0 aromatic carbocycles. The van der Waals surface area contributed by atoms with E-state index in [9.17, 15) is 4.79 Å². The van der Waals surface area contributed by atoms with Crippen molar-refractivity contribution in [3.05, 3.63) is 15.6 Å². The molecule has 1 heterocycles. The summed E-state index contributed by atoms with van der Waals surface area (Å²) in [5.74, 6) is 0.0784. The average Bonchev–Trinajstić information content (AvgIpc) is 2.55. The summed E-state index contributed by atoms with van der Waals surface area (Å²) in [7, 11) is 0. The van der Waals surface area contributed by atoms with Gasteiger partial charge in [0.2, 0.25) is 5.91 Å². The van der Waals surface area contributed by atoms with Gasteiger partial charge < -0.3 is 10.6 Å². The average molecular weight is 283 g/mol. The topological polar surface area (TPSA) is 54.0 Å². The van der Waals surface area contributed by atoms with E-state index in [4.69, 9.17) is 0 Å². The third-order valence-corrected chi connectivity index (χ3v) is 3.97. The van der Waals surface area contributed by atoms with Crippen molar-refractivity contribution >= 4 is 17.2 Å². The number of rotatable bonds is 5. The molecule has 108 valence electrons. The van der Waals surface area contributed by atoms with Crippen molar-refractivity contribution in [3.63, 3.8) is 0 Å². The molecule has 0 aliphatic rings. The zero-order chi connectivity index (χ0) is 14.6. The van der Waals surface area contributed by atoms with Gasteiger partial charge in [0.25, 0.3) is 0 Å². The second-order valence-electron chi connectivity index (χ2n) is 5.90. The van der Waals surface area contributed by atoms with Crippen molar-refractivity contribution in [2.24, 2.45) is 0 Å². The van der Waals surface area contributed by atoms with E-state index >= 15 is 0 Å². The van der Waals surface area contributed by atoms with Crippen molar-refractivity contribution in [2.45, 2.75) is 59.5 Å². The molecule has 4 nitrogen and oxygen atoms in total. The highest BCUT2D eigenvalue weighted by molar-refractivity contribution is 7.11. The minimum absolute atomic E-state index is 0.0355. The van der Waals surface area contributed by atoms with Crippen LogP contribution in [0.2, 0.25) is 0 Å². The van der Waals surface area contributed by atoms with Crippen LogP contribution in [0.5, 0.6) is 0 Å². The van der Waals surface area contributed by atoms with E-state index in [0.29, 0.717) is 13.0 Å². The molecule has 0 spiro atoms. The molecular formula is C14H25N3OS. The third-order valence-electron chi connectivity index (χ3n) is 2.72. The Balaban J connectivity index is 2.42. The first kappa shape index (κ1) is 16.1. The van der Waals surface area contributed by atoms with Crippen molar-refractivity contribution in [2.75, 3.05) is 6.54 Å². The van der Waals surface area contributed by atoms with Crippen molar-refractivity contribution < 1.29 is 4.79 Å². The van der Waals surface area contributed by atoms with Crippen LogP contribution in [0.15, 0.2) is 0 Å². The van der Waals surface area contributed by atoms with Gasteiger partial charge in [-0.2, -0.15) is 0 Å². The molecular weight excluding hydrogens is 258 g/mol. The molecule has 0 radical (unpaired) electrons. The quantitative estimate of drug-likeness (QED) is 0.873. The highest BCUT2D eigenvalue weighted by atomic mass is 32.1. The van der Waals surface area contributed by atoms with Gasteiger partial charge in [-0.3, -0.25) is 4.79 Å². The van der Waals surface area contributed by atoms with Crippen LogP contribution in [0.3, 0.4) is 0 Å². The number of hydrogen-bond acceptors (Lipinski definition) is 4. The Morgan fingerprint density at radius 2 is 2.00 bits per heavy atom. The van der Waals surface area contributed by atoms with Gasteiger partial charge in [0.15, 0.2) is 0 Å². The summed E-state index contributed by atoms with van der Waals surface area (Å²) in [4.78, 5) is 17.4. The zero-order valence-corrected chi connectivity index (χ0v) is 13.6. The summed E-state index contributed by atoms with van der Waals surface area (Å²) in [6.45, 7) is 13.0. The standard InChI is InChI=1S/C14H25N3OS/c1-9-13(19-11(3)16-9)10(2)17-12(18)7-8-15-14(4,5)6/h10,15H,7-8H2,1-6H3,(H,17,18). The number of nitrogens with one attached hydrogen (secondary N) is 2. The molecule has 0 saturated heterocycles. The smallest absolute Gasteiger partial charge is 0.221 e. The Hall–Kier alpha value is -0.940. The van der Waals surface area contributed by atoms with E-state index in [2.05, 4.69) is 36.4 Å². The predicted molar refractivity (Wildman–Crippen MR) is 80.5 cm³/mol. The lowest BCUT2D eigenvalue weighted by molar-refractivity contribution is -0.121. The number of thiazole rings is 1. The fourth-order valence-electron chi connectivity index (χ4n) is 1.88. The number of aryl methyl sites for hydroxylation is 2. The lowest BCUT2D eigenvalue weighted by atomic mass is 10.1. The molecule has 1 atom stereocenters. The van der Waals surface area contributed by atoms with Gasteiger partial charge in [-0.1, -0.05) is 0 Å². The Kier molecular flexibility index (Phi) is 5.50. The Morgan fingerprint density at radius 1 is 1.37 bits per heavy atom. The fraction of sp³-hybridized carbons (Fsp3) is 0.714. The van der Waals surface area contributed by atoms with Gasteiger partial charge in [0.05, 0.1) is 16.7 Å². The summed E-state index contributed by atoms with van der Waals surface area (Å²) in [5.41, 5.74) is 1.07. The normalized spacial score (nSPS) is 13.4. The summed E-state index contributed by atoms with van der Waals surface area (Å²) < 4.78 is 0. The highest BCUT2D eigenvalue weighted by Crippen LogP contribution is 2.24. The second-order valence-corrected chi connectivity index (χ2v) is 7.13. The number of aromatic nitrogens is 1. The van der Waals surface area contributed by atoms with E-state index in [1.807, 2.05) is 20.8 Å². The van der Waals surface area contributed by atoms with E-state index in [1.165, 1.54) is 0 Å². The van der Waals surface area contributed by atoms with Gasteiger partial charge in [-0.25, -0.2) is 4.98 Å². The van der Waals surface area contributed by atoms with Crippen LogP contribution in [0.4, 0.5) is 0 Å². The molecule has 0 fully saturated rings. The largest absolute Gasteiger partial charge is 0.349 e. The number of hydrogen-bond donors (Lipinski definition) is 2. The monoisotopic (exact) mass is 283 g/mol. The molecule has 2 N–H and O–H groups in total. The van der Waals surface area contributed by atoms with E-state index in [0.717, 1.165) is 15.6 Å². The zero-order valence-electron chi connectivity index (χ0n) is 12.8.